The summed E-state index contributed by atoms with van der Waals surface area (Å²) in [5.41, 5.74) is 3.99. The van der Waals surface area contributed by atoms with Gasteiger partial charge in [0.1, 0.15) is 5.75 Å². The number of rotatable bonds is 7. The van der Waals surface area contributed by atoms with E-state index in [1.807, 2.05) is 0 Å². The summed E-state index contributed by atoms with van der Waals surface area (Å²) in [6, 6.07) is 37.1. The lowest BCUT2D eigenvalue weighted by atomic mass is 9.93. The van der Waals surface area contributed by atoms with Gasteiger partial charge in [-0.25, -0.2) is 0 Å². The van der Waals surface area contributed by atoms with Crippen molar-refractivity contribution in [2.45, 2.75) is 6.42 Å². The minimum absolute atomic E-state index is 0.785. The number of hydrogen-bond donors (Lipinski definition) is 0. The first-order chi connectivity index (χ1) is 15.8. The first kappa shape index (κ1) is 21.1. The summed E-state index contributed by atoms with van der Waals surface area (Å²) in [6.07, 6.45) is 2.37. The third kappa shape index (κ3) is 4.29. The van der Waals surface area contributed by atoms with Gasteiger partial charge in [0.05, 0.1) is 7.11 Å². The van der Waals surface area contributed by atoms with E-state index in [0.717, 1.165) is 28.7 Å². The van der Waals surface area contributed by atoms with E-state index in [4.69, 9.17) is 4.74 Å². The molecule has 0 bridgehead atoms. The molecule has 2 unspecified atom stereocenters. The van der Waals surface area contributed by atoms with Gasteiger partial charge in [0.15, 0.2) is 0 Å². The van der Waals surface area contributed by atoms with Crippen molar-refractivity contribution in [1.29, 1.82) is 0 Å². The smallest absolute Gasteiger partial charge is 0.127 e. The van der Waals surface area contributed by atoms with Gasteiger partial charge in [-0.15, -0.1) is 0 Å². The van der Waals surface area contributed by atoms with Crippen molar-refractivity contribution in [3.63, 3.8) is 0 Å². The maximum Gasteiger partial charge on any atom is 0.127 e. The summed E-state index contributed by atoms with van der Waals surface area (Å²) in [6.45, 7) is 0. The number of methoxy groups -OCH3 is 1. The molecule has 32 heavy (non-hydrogen) atoms. The zero-order valence-electron chi connectivity index (χ0n) is 18.1. The summed E-state index contributed by atoms with van der Waals surface area (Å²) in [5, 5.41) is 6.52. The Morgan fingerprint density at radius 2 is 1.25 bits per heavy atom. The molecule has 5 aromatic rings. The molecule has 5 rings (SSSR count). The summed E-state index contributed by atoms with van der Waals surface area (Å²) in [4.78, 5) is 0. The fourth-order valence-corrected chi connectivity index (χ4v) is 7.56. The second kappa shape index (κ2) is 9.83. The van der Waals surface area contributed by atoms with Gasteiger partial charge in [-0.05, 0) is 51.1 Å². The number of benzene rings is 5. The predicted octanol–water partition coefficient (Wildman–Crippen LogP) is 7.81. The molecule has 0 aliphatic carbocycles. The molecule has 0 radical (unpaired) electrons. The van der Waals surface area contributed by atoms with Crippen LogP contribution >= 0.6 is 16.5 Å². The van der Waals surface area contributed by atoms with E-state index in [0.29, 0.717) is 0 Å². The molecule has 5 aromatic carbocycles. The SMILES string of the molecule is COc1ccc2ccccc2c1-c1c(PPCCc2ccccc2)ccc2ccccc12. The fraction of sp³-hybridized carbons (Fsp3) is 0.103. The number of fused-ring (bicyclic) bond motifs is 2. The fourth-order valence-electron chi connectivity index (χ4n) is 4.33. The molecule has 3 heteroatoms. The Balaban J connectivity index is 1.58. The van der Waals surface area contributed by atoms with E-state index in [-0.39, 0.29) is 0 Å². The highest BCUT2D eigenvalue weighted by Gasteiger charge is 2.17. The molecule has 0 aliphatic heterocycles. The van der Waals surface area contributed by atoms with Gasteiger partial charge in [-0.3, -0.25) is 0 Å². The van der Waals surface area contributed by atoms with Crippen molar-refractivity contribution in [2.24, 2.45) is 0 Å². The van der Waals surface area contributed by atoms with Crippen LogP contribution in [0.1, 0.15) is 5.56 Å². The van der Waals surface area contributed by atoms with E-state index >= 15 is 0 Å². The van der Waals surface area contributed by atoms with Crippen molar-refractivity contribution in [3.8, 4) is 16.9 Å². The normalized spacial score (nSPS) is 11.9. The molecule has 0 saturated heterocycles. The third-order valence-corrected chi connectivity index (χ3v) is 9.35. The van der Waals surface area contributed by atoms with E-state index in [2.05, 4.69) is 103 Å². The molecular formula is C29H26OP2. The van der Waals surface area contributed by atoms with Crippen LogP contribution in [-0.4, -0.2) is 13.3 Å². The van der Waals surface area contributed by atoms with E-state index in [1.54, 1.807) is 7.11 Å². The highest BCUT2D eigenvalue weighted by atomic mass is 32.0. The van der Waals surface area contributed by atoms with E-state index in [9.17, 15) is 0 Å². The van der Waals surface area contributed by atoms with Gasteiger partial charge in [0.25, 0.3) is 0 Å². The molecule has 0 spiro atoms. The Bertz CT molecular complexity index is 1360. The maximum atomic E-state index is 5.90. The zero-order chi connectivity index (χ0) is 21.8. The summed E-state index contributed by atoms with van der Waals surface area (Å²) < 4.78 is 5.90. The standard InChI is InChI=1S/C29H26OP2/c1-30-26-17-15-22-11-5-7-13-24(22)28(26)29-25-14-8-6-12-23(25)16-18-27(29)32-31-20-19-21-9-3-2-4-10-21/h2-18,31-32H,19-20H2,1H3. The summed E-state index contributed by atoms with van der Waals surface area (Å²) in [5.74, 6) is 0.943. The van der Waals surface area contributed by atoms with Crippen molar-refractivity contribution in [3.05, 3.63) is 109 Å². The third-order valence-electron chi connectivity index (χ3n) is 5.89. The number of aryl methyl sites for hydroxylation is 1. The second-order valence-corrected chi connectivity index (χ2v) is 11.3. The van der Waals surface area contributed by atoms with Crippen molar-refractivity contribution in [1.82, 2.24) is 0 Å². The molecular weight excluding hydrogens is 426 g/mol. The topological polar surface area (TPSA) is 9.23 Å². The average Bonchev–Trinajstić information content (AvgIpc) is 2.86. The first-order valence-electron chi connectivity index (χ1n) is 11.0. The van der Waals surface area contributed by atoms with Gasteiger partial charge in [-0.1, -0.05) is 114 Å². The molecule has 1 nitrogen and oxygen atoms in total. The highest BCUT2D eigenvalue weighted by Crippen LogP contribution is 2.45. The Morgan fingerprint density at radius 1 is 0.625 bits per heavy atom. The van der Waals surface area contributed by atoms with Crippen LogP contribution in [0.2, 0.25) is 0 Å². The summed E-state index contributed by atoms with van der Waals surface area (Å²) in [7, 11) is 3.47. The average molecular weight is 452 g/mol. The molecule has 158 valence electrons. The van der Waals surface area contributed by atoms with Crippen LogP contribution < -0.4 is 10.0 Å². The Labute approximate surface area is 193 Å². The van der Waals surface area contributed by atoms with Crippen LogP contribution in [0.25, 0.3) is 32.7 Å². The predicted molar refractivity (Wildman–Crippen MR) is 145 cm³/mol. The number of hydrogen-bond acceptors (Lipinski definition) is 1. The molecule has 0 amide bonds. The van der Waals surface area contributed by atoms with Crippen LogP contribution in [0, 0.1) is 0 Å². The Kier molecular flexibility index (Phi) is 6.49. The van der Waals surface area contributed by atoms with Gasteiger partial charge in [0.2, 0.25) is 0 Å². The molecule has 2 atom stereocenters. The number of ether oxygens (including phenoxy) is 1. The van der Waals surface area contributed by atoms with Crippen molar-refractivity contribution in [2.75, 3.05) is 13.3 Å². The van der Waals surface area contributed by atoms with E-state index in [1.165, 1.54) is 49.7 Å². The largest absolute Gasteiger partial charge is 0.496 e. The summed E-state index contributed by atoms with van der Waals surface area (Å²) >= 11 is 0. The second-order valence-electron chi connectivity index (χ2n) is 7.86. The van der Waals surface area contributed by atoms with Crippen LogP contribution in [0.5, 0.6) is 5.75 Å². The van der Waals surface area contributed by atoms with Gasteiger partial charge >= 0.3 is 0 Å². The Hall–Kier alpha value is -2.72. The van der Waals surface area contributed by atoms with Gasteiger partial charge in [0, 0.05) is 11.1 Å². The lowest BCUT2D eigenvalue weighted by Crippen LogP contribution is -2.02. The zero-order valence-corrected chi connectivity index (χ0v) is 20.1. The molecule has 0 N–H and O–H groups in total. The molecule has 0 aromatic heterocycles. The lowest BCUT2D eigenvalue weighted by Gasteiger charge is -2.18. The molecule has 0 heterocycles. The van der Waals surface area contributed by atoms with Crippen LogP contribution in [0.4, 0.5) is 0 Å². The van der Waals surface area contributed by atoms with Gasteiger partial charge in [-0.2, -0.15) is 0 Å². The van der Waals surface area contributed by atoms with E-state index < -0.39 is 0 Å². The van der Waals surface area contributed by atoms with Crippen LogP contribution in [0.3, 0.4) is 0 Å². The van der Waals surface area contributed by atoms with Crippen molar-refractivity contribution < 1.29 is 4.74 Å². The monoisotopic (exact) mass is 452 g/mol. The van der Waals surface area contributed by atoms with Crippen LogP contribution in [-0.2, 0) is 6.42 Å². The maximum absolute atomic E-state index is 5.90. The minimum Gasteiger partial charge on any atom is -0.496 e. The van der Waals surface area contributed by atoms with Crippen LogP contribution in [0.15, 0.2) is 103 Å². The lowest BCUT2D eigenvalue weighted by molar-refractivity contribution is 0.417. The van der Waals surface area contributed by atoms with Gasteiger partial charge < -0.3 is 4.74 Å². The highest BCUT2D eigenvalue weighted by molar-refractivity contribution is 8.15. The molecule has 0 fully saturated rings. The molecule has 0 saturated carbocycles. The minimum atomic E-state index is 0.785. The molecule has 0 aliphatic rings. The van der Waals surface area contributed by atoms with Crippen molar-refractivity contribution >= 4 is 43.4 Å². The first-order valence-corrected chi connectivity index (χ1v) is 14.2. The Morgan fingerprint density at radius 3 is 1.97 bits per heavy atom. The quantitative estimate of drug-likeness (QED) is 0.181.